The van der Waals surface area contributed by atoms with E-state index in [1.807, 2.05) is 0 Å². The molecular weight excluding hydrogens is 110 g/mol. The van der Waals surface area contributed by atoms with E-state index in [9.17, 15) is 4.79 Å². The predicted octanol–water partition coefficient (Wildman–Crippen LogP) is -0.608. The third-order valence-corrected chi connectivity index (χ3v) is 0.849. The van der Waals surface area contributed by atoms with Crippen molar-refractivity contribution >= 4 is 5.97 Å². The molecule has 1 unspecified atom stereocenters. The molecule has 1 atom stereocenters. The number of carboxylic acids is 1. The Kier molecular flexibility index (Phi) is 1.94. The molecule has 0 saturated heterocycles. The lowest BCUT2D eigenvalue weighted by Crippen LogP contribution is -2.46. The first-order valence-electron chi connectivity index (χ1n) is 2.08. The Morgan fingerprint density at radius 3 is 2.25 bits per heavy atom. The van der Waals surface area contributed by atoms with Crippen LogP contribution in [0.25, 0.3) is 0 Å². The molecule has 0 aromatic carbocycles. The Morgan fingerprint density at radius 2 is 2.25 bits per heavy atom. The highest BCUT2D eigenvalue weighted by Gasteiger charge is 2.26. The fourth-order valence-electron chi connectivity index (χ4n) is 0.0873. The van der Waals surface area contributed by atoms with Gasteiger partial charge in [-0.25, -0.2) is 4.79 Å². The maximum Gasteiger partial charge on any atom is 0.350 e. The first-order chi connectivity index (χ1) is 3.50. The van der Waals surface area contributed by atoms with Gasteiger partial charge in [-0.1, -0.05) is 0 Å². The fraction of sp³-hybridized carbons (Fsp3) is 0.750. The summed E-state index contributed by atoms with van der Waals surface area (Å²) in [5, 5.41) is 8.19. The summed E-state index contributed by atoms with van der Waals surface area (Å²) in [5.41, 5.74) is 3.50. The molecular formula is C4H9NO3. The zero-order valence-corrected chi connectivity index (χ0v) is 4.84. The number of hydrogen-bond donors (Lipinski definition) is 2. The molecule has 0 aliphatic carbocycles. The van der Waals surface area contributed by atoms with Crippen LogP contribution in [-0.4, -0.2) is 23.9 Å². The number of nitrogens with two attached hydrogens (primary N) is 1. The summed E-state index contributed by atoms with van der Waals surface area (Å²) in [6.07, 6.45) is 0. The smallest absolute Gasteiger partial charge is 0.350 e. The van der Waals surface area contributed by atoms with Gasteiger partial charge in [-0.05, 0) is 6.92 Å². The average Bonchev–Trinajstić information content (AvgIpc) is 1.67. The largest absolute Gasteiger partial charge is 0.478 e. The van der Waals surface area contributed by atoms with Crippen molar-refractivity contribution in [2.24, 2.45) is 5.73 Å². The summed E-state index contributed by atoms with van der Waals surface area (Å²) >= 11 is 0. The Bertz CT molecular complexity index is 99.5. The van der Waals surface area contributed by atoms with E-state index in [1.165, 1.54) is 14.0 Å². The summed E-state index contributed by atoms with van der Waals surface area (Å²) in [5.74, 6) is -1.17. The molecule has 0 aromatic heterocycles. The SMILES string of the molecule is COC(C)(N)C(=O)O. The van der Waals surface area contributed by atoms with E-state index in [-0.39, 0.29) is 0 Å². The molecule has 0 aliphatic rings. The molecule has 3 N–H and O–H groups in total. The Labute approximate surface area is 47.2 Å². The van der Waals surface area contributed by atoms with Crippen LogP contribution in [0.3, 0.4) is 0 Å². The minimum absolute atomic E-state index is 1.17. The summed E-state index contributed by atoms with van der Waals surface area (Å²) in [6, 6.07) is 0. The second-order valence-electron chi connectivity index (χ2n) is 1.62. The lowest BCUT2D eigenvalue weighted by Gasteiger charge is -2.15. The fourth-order valence-corrected chi connectivity index (χ4v) is 0.0873. The maximum atomic E-state index is 10.0. The summed E-state index contributed by atoms with van der Waals surface area (Å²) < 4.78 is 4.38. The minimum Gasteiger partial charge on any atom is -0.478 e. The molecule has 48 valence electrons. The lowest BCUT2D eigenvalue weighted by atomic mass is 10.3. The molecule has 0 aliphatic heterocycles. The molecule has 4 heteroatoms. The minimum atomic E-state index is -1.54. The van der Waals surface area contributed by atoms with Gasteiger partial charge in [0.25, 0.3) is 0 Å². The van der Waals surface area contributed by atoms with Crippen molar-refractivity contribution in [1.82, 2.24) is 0 Å². The van der Waals surface area contributed by atoms with Crippen LogP contribution in [0.15, 0.2) is 0 Å². The highest BCUT2D eigenvalue weighted by atomic mass is 16.5. The summed E-state index contributed by atoms with van der Waals surface area (Å²) in [4.78, 5) is 10.0. The van der Waals surface area contributed by atoms with Gasteiger partial charge < -0.3 is 9.84 Å². The van der Waals surface area contributed by atoms with Crippen molar-refractivity contribution in [1.29, 1.82) is 0 Å². The molecule has 8 heavy (non-hydrogen) atoms. The zero-order valence-electron chi connectivity index (χ0n) is 4.84. The van der Waals surface area contributed by atoms with Gasteiger partial charge in [-0.2, -0.15) is 0 Å². The van der Waals surface area contributed by atoms with Crippen LogP contribution < -0.4 is 5.73 Å². The first kappa shape index (κ1) is 7.39. The van der Waals surface area contributed by atoms with E-state index < -0.39 is 11.7 Å². The number of methoxy groups -OCH3 is 1. The molecule has 0 saturated carbocycles. The zero-order chi connectivity index (χ0) is 6.78. The van der Waals surface area contributed by atoms with E-state index >= 15 is 0 Å². The van der Waals surface area contributed by atoms with Crippen LogP contribution in [0.4, 0.5) is 0 Å². The van der Waals surface area contributed by atoms with E-state index in [2.05, 4.69) is 4.74 Å². The van der Waals surface area contributed by atoms with Gasteiger partial charge in [0.1, 0.15) is 0 Å². The maximum absolute atomic E-state index is 10.0. The standard InChI is InChI=1S/C4H9NO3/c1-4(5,8-2)3(6)7/h5H2,1-2H3,(H,6,7). The van der Waals surface area contributed by atoms with Crippen molar-refractivity contribution in [2.75, 3.05) is 7.11 Å². The molecule has 0 heterocycles. The summed E-state index contributed by atoms with van der Waals surface area (Å²) in [7, 11) is 1.24. The van der Waals surface area contributed by atoms with Gasteiger partial charge in [0.05, 0.1) is 0 Å². The van der Waals surface area contributed by atoms with Gasteiger partial charge >= 0.3 is 5.97 Å². The van der Waals surface area contributed by atoms with Gasteiger partial charge in [-0.15, -0.1) is 0 Å². The van der Waals surface area contributed by atoms with Gasteiger partial charge in [-0.3, -0.25) is 5.73 Å². The van der Waals surface area contributed by atoms with Crippen LogP contribution in [0.2, 0.25) is 0 Å². The first-order valence-corrected chi connectivity index (χ1v) is 2.08. The quantitative estimate of drug-likeness (QED) is 0.476. The van der Waals surface area contributed by atoms with Gasteiger partial charge in [0, 0.05) is 7.11 Å². The molecule has 0 bridgehead atoms. The molecule has 0 spiro atoms. The Hall–Kier alpha value is -0.610. The molecule has 0 aromatic rings. The van der Waals surface area contributed by atoms with E-state index in [0.29, 0.717) is 0 Å². The van der Waals surface area contributed by atoms with E-state index in [4.69, 9.17) is 10.8 Å². The summed E-state index contributed by atoms with van der Waals surface area (Å²) in [6.45, 7) is 1.27. The lowest BCUT2D eigenvalue weighted by molar-refractivity contribution is -0.159. The monoisotopic (exact) mass is 119 g/mol. The normalized spacial score (nSPS) is 17.4. The highest BCUT2D eigenvalue weighted by molar-refractivity contribution is 5.75. The van der Waals surface area contributed by atoms with Crippen LogP contribution in [0.5, 0.6) is 0 Å². The predicted molar refractivity (Wildman–Crippen MR) is 27.2 cm³/mol. The van der Waals surface area contributed by atoms with Gasteiger partial charge in [0.2, 0.25) is 5.72 Å². The van der Waals surface area contributed by atoms with Crippen molar-refractivity contribution in [2.45, 2.75) is 12.6 Å². The van der Waals surface area contributed by atoms with Crippen molar-refractivity contribution in [3.8, 4) is 0 Å². The molecule has 0 rings (SSSR count). The average molecular weight is 119 g/mol. The second kappa shape index (κ2) is 2.11. The molecule has 0 fully saturated rings. The van der Waals surface area contributed by atoms with Crippen molar-refractivity contribution < 1.29 is 14.6 Å². The van der Waals surface area contributed by atoms with Crippen molar-refractivity contribution in [3.63, 3.8) is 0 Å². The number of ether oxygens (including phenoxy) is 1. The second-order valence-corrected chi connectivity index (χ2v) is 1.62. The van der Waals surface area contributed by atoms with Gasteiger partial charge in [0.15, 0.2) is 0 Å². The van der Waals surface area contributed by atoms with Crippen molar-refractivity contribution in [3.05, 3.63) is 0 Å². The number of rotatable bonds is 2. The number of carboxylic acid groups (broad SMARTS) is 1. The third-order valence-electron chi connectivity index (χ3n) is 0.849. The van der Waals surface area contributed by atoms with Crippen LogP contribution in [0, 0.1) is 0 Å². The molecule has 0 amide bonds. The Balaban J connectivity index is 3.91. The number of aliphatic carboxylic acids is 1. The topological polar surface area (TPSA) is 72.5 Å². The third kappa shape index (κ3) is 1.48. The molecule has 0 radical (unpaired) electrons. The van der Waals surface area contributed by atoms with E-state index in [1.54, 1.807) is 0 Å². The Morgan fingerprint density at radius 1 is 1.88 bits per heavy atom. The van der Waals surface area contributed by atoms with E-state index in [0.717, 1.165) is 0 Å². The van der Waals surface area contributed by atoms with Crippen LogP contribution >= 0.6 is 0 Å². The van der Waals surface area contributed by atoms with Crippen LogP contribution in [-0.2, 0) is 9.53 Å². The number of hydrogen-bond acceptors (Lipinski definition) is 3. The number of carbonyl (C=O) groups is 1. The molecule has 4 nitrogen and oxygen atoms in total. The highest BCUT2D eigenvalue weighted by Crippen LogP contribution is 1.96. The van der Waals surface area contributed by atoms with Crippen LogP contribution in [0.1, 0.15) is 6.92 Å².